The second kappa shape index (κ2) is 7.65. The molecule has 0 saturated carbocycles. The van der Waals surface area contributed by atoms with Crippen molar-refractivity contribution in [3.63, 3.8) is 0 Å². The van der Waals surface area contributed by atoms with Crippen LogP contribution in [0.4, 0.5) is 11.5 Å². The Balaban J connectivity index is 1.58. The van der Waals surface area contributed by atoms with Gasteiger partial charge in [0.1, 0.15) is 11.7 Å². The van der Waals surface area contributed by atoms with Gasteiger partial charge in [-0.2, -0.15) is 5.10 Å². The average Bonchev–Trinajstić information content (AvgIpc) is 3.08. The molecule has 3 aromatic rings. The molecule has 5 rings (SSSR count). The summed E-state index contributed by atoms with van der Waals surface area (Å²) >= 11 is 0. The van der Waals surface area contributed by atoms with E-state index in [1.807, 2.05) is 19.2 Å². The number of ketones is 1. The molecule has 2 aliphatic heterocycles. The summed E-state index contributed by atoms with van der Waals surface area (Å²) in [5, 5.41) is 9.59. The molecule has 3 heterocycles. The summed E-state index contributed by atoms with van der Waals surface area (Å²) in [4.78, 5) is 16.1. The summed E-state index contributed by atoms with van der Waals surface area (Å²) in [6, 6.07) is 12.2. The molecule has 0 bridgehead atoms. The van der Waals surface area contributed by atoms with Crippen molar-refractivity contribution in [3.8, 4) is 0 Å². The molecule has 5 heteroatoms. The molecule has 0 spiro atoms. The number of Topliss-reactive ketones (excluding diaryl/α,β-unsaturated/α-hetero) is 1. The molecule has 1 aromatic heterocycles. The Morgan fingerprint density at radius 3 is 2.58 bits per heavy atom. The minimum atomic E-state index is -0.428. The molecule has 0 aliphatic carbocycles. The van der Waals surface area contributed by atoms with Gasteiger partial charge in [0.2, 0.25) is 5.78 Å². The van der Waals surface area contributed by atoms with Crippen LogP contribution in [-0.4, -0.2) is 28.7 Å². The summed E-state index contributed by atoms with van der Waals surface area (Å²) in [7, 11) is 1.90. The quantitative estimate of drug-likeness (QED) is 0.594. The van der Waals surface area contributed by atoms with Crippen LogP contribution in [-0.2, 0) is 19.9 Å². The Hall–Kier alpha value is -2.92. The van der Waals surface area contributed by atoms with E-state index >= 15 is 0 Å². The van der Waals surface area contributed by atoms with E-state index in [1.165, 1.54) is 27.9 Å². The van der Waals surface area contributed by atoms with Gasteiger partial charge in [-0.05, 0) is 62.3 Å². The highest BCUT2D eigenvalue weighted by Crippen LogP contribution is 2.39. The van der Waals surface area contributed by atoms with Crippen molar-refractivity contribution < 1.29 is 4.79 Å². The third kappa shape index (κ3) is 3.28. The molecule has 1 unspecified atom stereocenters. The molecule has 5 nitrogen and oxygen atoms in total. The fraction of sp³-hybridized carbons (Fsp3) is 0.385. The molecular weight excluding hydrogens is 384 g/mol. The van der Waals surface area contributed by atoms with Crippen molar-refractivity contribution in [2.45, 2.75) is 46.1 Å². The first kappa shape index (κ1) is 20.0. The van der Waals surface area contributed by atoms with Gasteiger partial charge in [-0.25, -0.2) is 5.32 Å². The fourth-order valence-electron chi connectivity index (χ4n) is 5.44. The molecule has 1 radical (unpaired) electrons. The summed E-state index contributed by atoms with van der Waals surface area (Å²) in [6.45, 7) is 8.07. The molecule has 0 amide bonds. The third-order valence-electron chi connectivity index (χ3n) is 6.62. The van der Waals surface area contributed by atoms with Crippen LogP contribution in [0.1, 0.15) is 56.3 Å². The number of rotatable bonds is 3. The molecular formula is C26H29N4O. The van der Waals surface area contributed by atoms with Crippen LogP contribution in [0.15, 0.2) is 36.4 Å². The number of fused-ring (bicyclic) bond motifs is 2. The van der Waals surface area contributed by atoms with E-state index in [0.29, 0.717) is 12.2 Å². The Morgan fingerprint density at radius 2 is 1.81 bits per heavy atom. The molecule has 2 aromatic carbocycles. The van der Waals surface area contributed by atoms with Gasteiger partial charge in [0, 0.05) is 31.4 Å². The van der Waals surface area contributed by atoms with Crippen molar-refractivity contribution in [2.24, 2.45) is 7.05 Å². The number of benzene rings is 2. The van der Waals surface area contributed by atoms with Gasteiger partial charge in [0.15, 0.2) is 5.82 Å². The maximum atomic E-state index is 13.8. The summed E-state index contributed by atoms with van der Waals surface area (Å²) < 4.78 is 1.79. The van der Waals surface area contributed by atoms with Gasteiger partial charge in [-0.15, -0.1) is 0 Å². The lowest BCUT2D eigenvalue weighted by molar-refractivity contribution is 0.0927. The summed E-state index contributed by atoms with van der Waals surface area (Å²) in [5.74, 6) is 0.999. The van der Waals surface area contributed by atoms with E-state index in [4.69, 9.17) is 10.4 Å². The molecule has 0 N–H and O–H groups in total. The highest BCUT2D eigenvalue weighted by molar-refractivity contribution is 6.02. The Kier molecular flexibility index (Phi) is 4.94. The molecule has 1 atom stereocenters. The number of carbonyl (C=O) groups excluding carboxylic acids is 1. The Labute approximate surface area is 184 Å². The van der Waals surface area contributed by atoms with Crippen LogP contribution in [0.5, 0.6) is 0 Å². The zero-order chi connectivity index (χ0) is 21.7. The maximum absolute atomic E-state index is 13.8. The monoisotopic (exact) mass is 413 g/mol. The number of hydrogen-bond donors (Lipinski definition) is 0. The van der Waals surface area contributed by atoms with Crippen LogP contribution in [0.2, 0.25) is 0 Å². The van der Waals surface area contributed by atoms with E-state index in [9.17, 15) is 4.79 Å². The van der Waals surface area contributed by atoms with Gasteiger partial charge in [0.25, 0.3) is 0 Å². The number of aromatic nitrogens is 2. The van der Waals surface area contributed by atoms with Crippen LogP contribution < -0.4 is 10.2 Å². The number of anilines is 2. The number of hydrogen-bond acceptors (Lipinski definition) is 3. The Bertz CT molecular complexity index is 1150. The summed E-state index contributed by atoms with van der Waals surface area (Å²) in [6.07, 6.45) is 2.78. The van der Waals surface area contributed by atoms with E-state index in [-0.39, 0.29) is 5.78 Å². The molecule has 0 saturated heterocycles. The number of aryl methyl sites for hydroxylation is 4. The topological polar surface area (TPSA) is 52.2 Å². The second-order valence-corrected chi connectivity index (χ2v) is 8.90. The molecule has 31 heavy (non-hydrogen) atoms. The summed E-state index contributed by atoms with van der Waals surface area (Å²) in [5.41, 5.74) is 9.05. The van der Waals surface area contributed by atoms with E-state index in [2.05, 4.69) is 49.9 Å². The number of nitrogens with zero attached hydrogens (tertiary/aromatic N) is 4. The van der Waals surface area contributed by atoms with Gasteiger partial charge in [-0.3, -0.25) is 9.48 Å². The normalized spacial score (nSPS) is 17.9. The smallest absolute Gasteiger partial charge is 0.204 e. The van der Waals surface area contributed by atoms with Crippen molar-refractivity contribution in [1.82, 2.24) is 15.1 Å². The third-order valence-corrected chi connectivity index (χ3v) is 6.62. The SMILES string of the molecule is Cc1cc(C)c(N2CCCc3c2nn(C)c3C(=O)C2[N]CCc3ccccc32)c(C)c1. The fourth-order valence-corrected chi connectivity index (χ4v) is 5.44. The number of carbonyl (C=O) groups is 1. The highest BCUT2D eigenvalue weighted by Gasteiger charge is 2.35. The maximum Gasteiger partial charge on any atom is 0.204 e. The van der Waals surface area contributed by atoms with Gasteiger partial charge >= 0.3 is 0 Å². The zero-order valence-electron chi connectivity index (χ0n) is 18.8. The lowest BCUT2D eigenvalue weighted by Gasteiger charge is -2.31. The largest absolute Gasteiger partial charge is 0.324 e. The average molecular weight is 414 g/mol. The lowest BCUT2D eigenvalue weighted by atomic mass is 9.89. The zero-order valence-corrected chi connectivity index (χ0v) is 18.8. The standard InChI is InChI=1S/C26H29N4O/c1-16-14-17(2)23(18(3)15-16)30-13-7-10-21-24(29(4)28-26(21)30)25(31)22-20-9-6-5-8-19(20)11-12-27-22/h5-6,8-9,14-15,22H,7,10-13H2,1-4H3. The minimum Gasteiger partial charge on any atom is -0.324 e. The van der Waals surface area contributed by atoms with Crippen molar-refractivity contribution in [3.05, 3.63) is 75.5 Å². The van der Waals surface area contributed by atoms with Crippen molar-refractivity contribution >= 4 is 17.3 Å². The predicted molar refractivity (Wildman–Crippen MR) is 123 cm³/mol. The molecule has 159 valence electrons. The first-order valence-electron chi connectivity index (χ1n) is 11.2. The van der Waals surface area contributed by atoms with Gasteiger partial charge < -0.3 is 4.90 Å². The van der Waals surface area contributed by atoms with Crippen molar-refractivity contribution in [2.75, 3.05) is 18.0 Å². The lowest BCUT2D eigenvalue weighted by Crippen LogP contribution is -2.32. The van der Waals surface area contributed by atoms with E-state index in [1.54, 1.807) is 4.68 Å². The highest BCUT2D eigenvalue weighted by atomic mass is 16.1. The minimum absolute atomic E-state index is 0.0719. The predicted octanol–water partition coefficient (Wildman–Crippen LogP) is 4.51. The molecule has 0 fully saturated rings. The van der Waals surface area contributed by atoms with E-state index in [0.717, 1.165) is 42.8 Å². The van der Waals surface area contributed by atoms with Gasteiger partial charge in [-0.1, -0.05) is 42.0 Å². The first-order valence-corrected chi connectivity index (χ1v) is 11.2. The molecule has 2 aliphatic rings. The van der Waals surface area contributed by atoms with Crippen LogP contribution in [0.3, 0.4) is 0 Å². The van der Waals surface area contributed by atoms with Crippen LogP contribution in [0.25, 0.3) is 0 Å². The second-order valence-electron chi connectivity index (χ2n) is 8.90. The van der Waals surface area contributed by atoms with Crippen molar-refractivity contribution in [1.29, 1.82) is 0 Å². The van der Waals surface area contributed by atoms with E-state index < -0.39 is 6.04 Å². The Morgan fingerprint density at radius 1 is 1.06 bits per heavy atom. The van der Waals surface area contributed by atoms with Gasteiger partial charge in [0.05, 0.1) is 0 Å². The van der Waals surface area contributed by atoms with Crippen LogP contribution >= 0.6 is 0 Å². The van der Waals surface area contributed by atoms with Crippen LogP contribution in [0, 0.1) is 20.8 Å². The first-order chi connectivity index (χ1) is 15.0.